The van der Waals surface area contributed by atoms with E-state index in [0.717, 1.165) is 11.1 Å². The van der Waals surface area contributed by atoms with Crippen molar-refractivity contribution < 1.29 is 0 Å². The van der Waals surface area contributed by atoms with Crippen molar-refractivity contribution in [3.63, 3.8) is 0 Å². The largest absolute Gasteiger partial charge is 0.0985 e. The zero-order valence-electron chi connectivity index (χ0n) is 13.3. The van der Waals surface area contributed by atoms with Gasteiger partial charge in [0.2, 0.25) is 0 Å². The molecule has 0 aliphatic carbocycles. The Morgan fingerprint density at radius 2 is 1.32 bits per heavy atom. The second-order valence-electron chi connectivity index (χ2n) is 2.89. The SMILES string of the molecule is C=CC(=C)\C=C/C=C/C(C=C)=C\C=C/C.CC.CC. The number of hydrogen-bond acceptors (Lipinski definition) is 0. The second-order valence-corrected chi connectivity index (χ2v) is 2.89. The molecule has 0 atom stereocenters. The maximum atomic E-state index is 3.77. The lowest BCUT2D eigenvalue weighted by atomic mass is 10.2. The Morgan fingerprint density at radius 1 is 0.789 bits per heavy atom. The van der Waals surface area contributed by atoms with Gasteiger partial charge in [0.05, 0.1) is 0 Å². The molecule has 0 nitrogen and oxygen atoms in total. The van der Waals surface area contributed by atoms with E-state index in [1.807, 2.05) is 83.2 Å². The maximum Gasteiger partial charge on any atom is -0.0263 e. The van der Waals surface area contributed by atoms with Gasteiger partial charge in [0.15, 0.2) is 0 Å². The van der Waals surface area contributed by atoms with Gasteiger partial charge >= 0.3 is 0 Å². The van der Waals surface area contributed by atoms with Crippen molar-refractivity contribution in [2.75, 3.05) is 0 Å². The molecular formula is C19H30. The zero-order valence-corrected chi connectivity index (χ0v) is 13.3. The van der Waals surface area contributed by atoms with E-state index in [1.54, 1.807) is 6.08 Å². The maximum absolute atomic E-state index is 3.77. The van der Waals surface area contributed by atoms with Crippen LogP contribution in [-0.4, -0.2) is 0 Å². The summed E-state index contributed by atoms with van der Waals surface area (Å²) in [5, 5.41) is 0. The third-order valence-electron chi connectivity index (χ3n) is 1.69. The summed E-state index contributed by atoms with van der Waals surface area (Å²) in [4.78, 5) is 0. The Bertz CT molecular complexity index is 333. The second kappa shape index (κ2) is 21.5. The summed E-state index contributed by atoms with van der Waals surface area (Å²) in [5.74, 6) is 0. The first kappa shape index (κ1) is 22.4. The molecule has 0 aromatic rings. The smallest absolute Gasteiger partial charge is 0.0263 e. The van der Waals surface area contributed by atoms with Crippen LogP contribution >= 0.6 is 0 Å². The quantitative estimate of drug-likeness (QED) is 0.472. The molecule has 0 fully saturated rings. The fraction of sp³-hybridized carbons (Fsp3) is 0.263. The summed E-state index contributed by atoms with van der Waals surface area (Å²) in [6.45, 7) is 21.1. The van der Waals surface area contributed by atoms with Gasteiger partial charge in [0.25, 0.3) is 0 Å². The van der Waals surface area contributed by atoms with Crippen LogP contribution < -0.4 is 0 Å². The van der Waals surface area contributed by atoms with Gasteiger partial charge in [-0.3, -0.25) is 0 Å². The summed E-state index contributed by atoms with van der Waals surface area (Å²) >= 11 is 0. The minimum Gasteiger partial charge on any atom is -0.0985 e. The zero-order chi connectivity index (χ0) is 15.5. The van der Waals surface area contributed by atoms with E-state index in [-0.39, 0.29) is 0 Å². The summed E-state index contributed by atoms with van der Waals surface area (Å²) in [5.41, 5.74) is 1.97. The molecule has 0 rings (SSSR count). The highest BCUT2D eigenvalue weighted by molar-refractivity contribution is 5.35. The van der Waals surface area contributed by atoms with Crippen molar-refractivity contribution in [2.45, 2.75) is 34.6 Å². The van der Waals surface area contributed by atoms with Gasteiger partial charge in [-0.2, -0.15) is 0 Å². The molecule has 0 aliphatic heterocycles. The third-order valence-corrected chi connectivity index (χ3v) is 1.69. The van der Waals surface area contributed by atoms with Crippen molar-refractivity contribution in [2.24, 2.45) is 0 Å². The Labute approximate surface area is 120 Å². The third kappa shape index (κ3) is 18.7. The van der Waals surface area contributed by atoms with E-state index in [2.05, 4.69) is 19.7 Å². The molecule has 0 aromatic heterocycles. The van der Waals surface area contributed by atoms with Crippen molar-refractivity contribution in [1.82, 2.24) is 0 Å². The van der Waals surface area contributed by atoms with Gasteiger partial charge in [-0.05, 0) is 18.1 Å². The monoisotopic (exact) mass is 258 g/mol. The molecule has 19 heavy (non-hydrogen) atoms. The Balaban J connectivity index is -0.000000579. The first-order valence-corrected chi connectivity index (χ1v) is 6.86. The summed E-state index contributed by atoms with van der Waals surface area (Å²) in [6, 6.07) is 0. The molecule has 0 bridgehead atoms. The van der Waals surface area contributed by atoms with Crippen LogP contribution in [0.2, 0.25) is 0 Å². The standard InChI is InChI=1S/C15H18.2C2H6/c1-5-8-12-15(7-3)13-10-9-11-14(4)6-2;2*1-2/h5-13H,2-4H2,1H3;2*1-2H3/b8-5-,11-9-,13-10+,15-12-;;. The topological polar surface area (TPSA) is 0 Å². The van der Waals surface area contributed by atoms with Gasteiger partial charge in [-0.25, -0.2) is 0 Å². The lowest BCUT2D eigenvalue weighted by Crippen LogP contribution is -1.68. The Hall–Kier alpha value is -1.82. The highest BCUT2D eigenvalue weighted by Gasteiger charge is 1.79. The van der Waals surface area contributed by atoms with Crippen LogP contribution in [-0.2, 0) is 0 Å². The van der Waals surface area contributed by atoms with Crippen molar-refractivity contribution in [3.05, 3.63) is 85.6 Å². The van der Waals surface area contributed by atoms with Gasteiger partial charge in [0, 0.05) is 0 Å². The van der Waals surface area contributed by atoms with Crippen LogP contribution in [0.3, 0.4) is 0 Å². The lowest BCUT2D eigenvalue weighted by molar-refractivity contribution is 1.50. The van der Waals surface area contributed by atoms with E-state index in [9.17, 15) is 0 Å². The van der Waals surface area contributed by atoms with Crippen LogP contribution in [0.15, 0.2) is 85.6 Å². The summed E-state index contributed by atoms with van der Waals surface area (Å²) in [6.07, 6.45) is 17.3. The molecule has 106 valence electrons. The van der Waals surface area contributed by atoms with E-state index < -0.39 is 0 Å². The minimum absolute atomic E-state index is 0.900. The summed E-state index contributed by atoms with van der Waals surface area (Å²) in [7, 11) is 0. The van der Waals surface area contributed by atoms with Crippen molar-refractivity contribution in [3.8, 4) is 0 Å². The van der Waals surface area contributed by atoms with Crippen LogP contribution in [0.5, 0.6) is 0 Å². The lowest BCUT2D eigenvalue weighted by Gasteiger charge is -1.88. The molecule has 0 heterocycles. The Morgan fingerprint density at radius 3 is 1.74 bits per heavy atom. The predicted octanol–water partition coefficient (Wildman–Crippen LogP) is 6.58. The normalized spacial score (nSPS) is 10.7. The van der Waals surface area contributed by atoms with Gasteiger partial charge in [0.1, 0.15) is 0 Å². The molecule has 0 aromatic carbocycles. The molecule has 0 saturated carbocycles. The fourth-order valence-corrected chi connectivity index (χ4v) is 0.813. The van der Waals surface area contributed by atoms with E-state index >= 15 is 0 Å². The number of hydrogen-bond donors (Lipinski definition) is 0. The van der Waals surface area contributed by atoms with Gasteiger partial charge < -0.3 is 0 Å². The van der Waals surface area contributed by atoms with Crippen LogP contribution in [0.1, 0.15) is 34.6 Å². The Kier molecular flexibility index (Phi) is 25.3. The molecule has 0 aliphatic rings. The molecule has 0 unspecified atom stereocenters. The minimum atomic E-state index is 0.900. The van der Waals surface area contributed by atoms with Crippen molar-refractivity contribution >= 4 is 0 Å². The highest BCUT2D eigenvalue weighted by atomic mass is 13.9. The van der Waals surface area contributed by atoms with E-state index in [1.165, 1.54) is 0 Å². The first-order chi connectivity index (χ1) is 9.24. The fourth-order valence-electron chi connectivity index (χ4n) is 0.813. The average molecular weight is 258 g/mol. The van der Waals surface area contributed by atoms with Gasteiger partial charge in [-0.15, -0.1) is 0 Å². The van der Waals surface area contributed by atoms with Gasteiger partial charge in [-0.1, -0.05) is 102 Å². The van der Waals surface area contributed by atoms with E-state index in [0.29, 0.717) is 0 Å². The van der Waals surface area contributed by atoms with Crippen LogP contribution in [0, 0.1) is 0 Å². The molecular weight excluding hydrogens is 228 g/mol. The average Bonchev–Trinajstić information content (AvgIpc) is 2.50. The molecule has 0 spiro atoms. The molecule has 0 N–H and O–H groups in total. The molecule has 0 amide bonds. The number of allylic oxidation sites excluding steroid dienone is 11. The number of rotatable bonds is 6. The molecule has 0 radical (unpaired) electrons. The predicted molar refractivity (Wildman–Crippen MR) is 93.4 cm³/mol. The molecule has 0 saturated heterocycles. The van der Waals surface area contributed by atoms with Crippen LogP contribution in [0.4, 0.5) is 0 Å². The highest BCUT2D eigenvalue weighted by Crippen LogP contribution is 2.00. The van der Waals surface area contributed by atoms with E-state index in [4.69, 9.17) is 0 Å². The molecule has 0 heteroatoms. The van der Waals surface area contributed by atoms with Crippen LogP contribution in [0.25, 0.3) is 0 Å². The van der Waals surface area contributed by atoms with Crippen molar-refractivity contribution in [1.29, 1.82) is 0 Å². The summed E-state index contributed by atoms with van der Waals surface area (Å²) < 4.78 is 0. The first-order valence-electron chi connectivity index (χ1n) is 6.86.